The van der Waals surface area contributed by atoms with Crippen LogP contribution in [-0.2, 0) is 15.8 Å². The Labute approximate surface area is 187 Å². The second-order valence-corrected chi connectivity index (χ2v) is 9.21. The fourth-order valence-electron chi connectivity index (χ4n) is 6.01. The normalized spacial score (nSPS) is 31.4. The number of halogens is 3. The number of imide groups is 1. The lowest BCUT2D eigenvalue weighted by Gasteiger charge is -2.37. The van der Waals surface area contributed by atoms with Gasteiger partial charge in [-0.1, -0.05) is 24.3 Å². The van der Waals surface area contributed by atoms with Crippen LogP contribution < -0.4 is 10.2 Å². The first-order valence-corrected chi connectivity index (χ1v) is 10.9. The molecule has 0 unspecified atom stereocenters. The van der Waals surface area contributed by atoms with Crippen LogP contribution in [-0.4, -0.2) is 17.7 Å². The van der Waals surface area contributed by atoms with Crippen molar-refractivity contribution < 1.29 is 27.6 Å². The Balaban J connectivity index is 1.23. The molecule has 3 fully saturated rings. The largest absolute Gasteiger partial charge is 0.418 e. The fraction of sp³-hybridized carbons (Fsp3) is 0.320. The van der Waals surface area contributed by atoms with Gasteiger partial charge in [-0.15, -0.1) is 0 Å². The minimum atomic E-state index is -4.60. The zero-order chi connectivity index (χ0) is 23.1. The first-order chi connectivity index (χ1) is 15.8. The van der Waals surface area contributed by atoms with E-state index in [4.69, 9.17) is 0 Å². The summed E-state index contributed by atoms with van der Waals surface area (Å²) in [6, 6.07) is 10.5. The van der Waals surface area contributed by atoms with E-state index in [0.717, 1.165) is 12.5 Å². The van der Waals surface area contributed by atoms with E-state index in [1.165, 1.54) is 47.4 Å². The molecule has 8 heteroatoms. The van der Waals surface area contributed by atoms with Crippen LogP contribution in [0.4, 0.5) is 24.5 Å². The van der Waals surface area contributed by atoms with Gasteiger partial charge in [0, 0.05) is 5.56 Å². The molecule has 1 aliphatic heterocycles. The van der Waals surface area contributed by atoms with E-state index in [1.807, 2.05) is 0 Å². The maximum Gasteiger partial charge on any atom is 0.418 e. The average molecular weight is 452 g/mol. The summed E-state index contributed by atoms with van der Waals surface area (Å²) in [5.41, 5.74) is -0.781. The first kappa shape index (κ1) is 20.2. The number of hydrogen-bond acceptors (Lipinski definition) is 3. The number of carbonyl (C=O) groups is 3. The van der Waals surface area contributed by atoms with Gasteiger partial charge >= 0.3 is 6.18 Å². The standard InChI is InChI=1S/C25H19F3N2O3/c26-25(27,28)18-3-1-2-4-19(18)29-22(31)12-5-7-13(8-6-12)30-23(32)20-14-9-10-15(17-11-16(14)17)21(20)24(30)33/h1-10,14-17,20-21H,11H2,(H,29,31)/t14-,15-,16-,17+,20+,21+/m0/s1. The molecule has 33 heavy (non-hydrogen) atoms. The number of para-hydroxylation sites is 1. The van der Waals surface area contributed by atoms with Crippen LogP contribution in [0.1, 0.15) is 22.3 Å². The van der Waals surface area contributed by atoms with Crippen LogP contribution in [0.3, 0.4) is 0 Å². The minimum absolute atomic E-state index is 0.116. The van der Waals surface area contributed by atoms with Crippen molar-refractivity contribution in [2.45, 2.75) is 12.6 Å². The maximum atomic E-state index is 13.2. The molecular formula is C25H19F3N2O3. The van der Waals surface area contributed by atoms with Crippen molar-refractivity contribution in [3.05, 3.63) is 71.8 Å². The molecule has 1 heterocycles. The molecule has 5 nitrogen and oxygen atoms in total. The Morgan fingerprint density at radius 2 is 1.45 bits per heavy atom. The van der Waals surface area contributed by atoms with E-state index in [2.05, 4.69) is 17.5 Å². The van der Waals surface area contributed by atoms with Gasteiger partial charge in [0.25, 0.3) is 5.91 Å². The maximum absolute atomic E-state index is 13.2. The lowest BCUT2D eigenvalue weighted by Crippen LogP contribution is -2.40. The van der Waals surface area contributed by atoms with Crippen LogP contribution in [0.15, 0.2) is 60.7 Å². The van der Waals surface area contributed by atoms with Gasteiger partial charge in [-0.2, -0.15) is 13.2 Å². The van der Waals surface area contributed by atoms with Crippen molar-refractivity contribution in [3.8, 4) is 0 Å². The number of benzene rings is 2. The summed E-state index contributed by atoms with van der Waals surface area (Å²) in [6.45, 7) is 0. The predicted molar refractivity (Wildman–Crippen MR) is 113 cm³/mol. The van der Waals surface area contributed by atoms with Crippen LogP contribution in [0, 0.1) is 35.5 Å². The molecule has 7 rings (SSSR count). The van der Waals surface area contributed by atoms with Crippen molar-refractivity contribution in [3.63, 3.8) is 0 Å². The number of rotatable bonds is 3. The van der Waals surface area contributed by atoms with Gasteiger partial charge in [-0.3, -0.25) is 19.3 Å². The third kappa shape index (κ3) is 2.96. The fourth-order valence-corrected chi connectivity index (χ4v) is 6.01. The molecule has 2 bridgehead atoms. The highest BCUT2D eigenvalue weighted by atomic mass is 19.4. The van der Waals surface area contributed by atoms with E-state index in [-0.39, 0.29) is 46.7 Å². The Bertz CT molecular complexity index is 1180. The van der Waals surface area contributed by atoms with Gasteiger partial charge in [0.2, 0.25) is 11.8 Å². The summed E-state index contributed by atoms with van der Waals surface area (Å²) < 4.78 is 39.6. The quantitative estimate of drug-likeness (QED) is 0.550. The van der Waals surface area contributed by atoms with Gasteiger partial charge in [-0.05, 0) is 66.5 Å². The number of allylic oxidation sites excluding steroid dienone is 2. The van der Waals surface area contributed by atoms with E-state index < -0.39 is 17.6 Å². The van der Waals surface area contributed by atoms with Crippen molar-refractivity contribution in [1.29, 1.82) is 0 Å². The first-order valence-electron chi connectivity index (χ1n) is 10.9. The van der Waals surface area contributed by atoms with E-state index in [9.17, 15) is 27.6 Å². The summed E-state index contributed by atoms with van der Waals surface area (Å²) in [5.74, 6) is -0.524. The van der Waals surface area contributed by atoms with Crippen LogP contribution in [0.5, 0.6) is 0 Å². The molecule has 168 valence electrons. The number of anilines is 2. The molecule has 1 saturated heterocycles. The number of amides is 3. The highest BCUT2D eigenvalue weighted by Crippen LogP contribution is 2.65. The Kier molecular flexibility index (Phi) is 4.16. The summed E-state index contributed by atoms with van der Waals surface area (Å²) in [6.07, 6.45) is 0.675. The smallest absolute Gasteiger partial charge is 0.321 e. The summed E-state index contributed by atoms with van der Waals surface area (Å²) in [4.78, 5) is 40.1. The summed E-state index contributed by atoms with van der Waals surface area (Å²) in [5, 5.41) is 2.30. The molecule has 3 amide bonds. The summed E-state index contributed by atoms with van der Waals surface area (Å²) in [7, 11) is 0. The molecule has 2 saturated carbocycles. The van der Waals surface area contributed by atoms with E-state index in [0.29, 0.717) is 17.5 Å². The lowest BCUT2D eigenvalue weighted by atomic mass is 9.63. The van der Waals surface area contributed by atoms with Crippen molar-refractivity contribution in [1.82, 2.24) is 0 Å². The van der Waals surface area contributed by atoms with Gasteiger partial charge in [0.1, 0.15) is 0 Å². The highest BCUT2D eigenvalue weighted by Gasteiger charge is 2.67. The number of carbonyl (C=O) groups excluding carboxylic acids is 3. The molecule has 1 N–H and O–H groups in total. The number of nitrogens with one attached hydrogen (secondary N) is 1. The molecule has 4 aliphatic carbocycles. The molecule has 0 radical (unpaired) electrons. The number of nitrogens with zero attached hydrogens (tertiary/aromatic N) is 1. The van der Waals surface area contributed by atoms with Gasteiger partial charge in [0.05, 0.1) is 28.8 Å². The zero-order valence-electron chi connectivity index (χ0n) is 17.3. The monoisotopic (exact) mass is 452 g/mol. The zero-order valence-corrected chi connectivity index (χ0v) is 17.3. The highest BCUT2D eigenvalue weighted by molar-refractivity contribution is 6.22. The number of hydrogen-bond donors (Lipinski definition) is 1. The Hall–Kier alpha value is -3.42. The Morgan fingerprint density at radius 1 is 0.879 bits per heavy atom. The minimum Gasteiger partial charge on any atom is -0.321 e. The van der Waals surface area contributed by atoms with Crippen LogP contribution in [0.2, 0.25) is 0 Å². The second kappa shape index (κ2) is 6.79. The van der Waals surface area contributed by atoms with Crippen molar-refractivity contribution >= 4 is 29.1 Å². The third-order valence-electron chi connectivity index (χ3n) is 7.53. The third-order valence-corrected chi connectivity index (χ3v) is 7.53. The second-order valence-electron chi connectivity index (χ2n) is 9.21. The Morgan fingerprint density at radius 3 is 2.03 bits per heavy atom. The molecule has 0 spiro atoms. The van der Waals surface area contributed by atoms with Crippen molar-refractivity contribution in [2.24, 2.45) is 35.5 Å². The van der Waals surface area contributed by atoms with E-state index in [1.54, 1.807) is 0 Å². The van der Waals surface area contributed by atoms with E-state index >= 15 is 0 Å². The topological polar surface area (TPSA) is 66.5 Å². The lowest BCUT2D eigenvalue weighted by molar-refractivity contribution is -0.137. The SMILES string of the molecule is O=C(Nc1ccccc1C(F)(F)F)c1ccc(N2C(=O)[C@@H]3[C@H]4C=C[C@@H]([C@@H]5C[C@H]45)[C@H]3C2=O)cc1. The number of alkyl halides is 3. The predicted octanol–water partition coefficient (Wildman–Crippen LogP) is 4.52. The average Bonchev–Trinajstić information content (AvgIpc) is 3.57. The molecule has 2 aromatic carbocycles. The van der Waals surface area contributed by atoms with Crippen molar-refractivity contribution in [2.75, 3.05) is 10.2 Å². The van der Waals surface area contributed by atoms with Gasteiger partial charge in [0.15, 0.2) is 0 Å². The van der Waals surface area contributed by atoms with Gasteiger partial charge in [-0.25, -0.2) is 0 Å². The van der Waals surface area contributed by atoms with Gasteiger partial charge < -0.3 is 5.32 Å². The molecular weight excluding hydrogens is 433 g/mol. The van der Waals surface area contributed by atoms with Crippen LogP contribution >= 0.6 is 0 Å². The summed E-state index contributed by atoms with van der Waals surface area (Å²) >= 11 is 0. The molecule has 0 aromatic heterocycles. The molecule has 6 atom stereocenters. The van der Waals surface area contributed by atoms with Crippen LogP contribution in [0.25, 0.3) is 0 Å². The molecule has 5 aliphatic rings. The molecule has 2 aromatic rings.